The molecule has 1 aliphatic rings. The summed E-state index contributed by atoms with van der Waals surface area (Å²) < 4.78 is 0. The summed E-state index contributed by atoms with van der Waals surface area (Å²) in [4.78, 5) is 11.3. The molecule has 0 spiro atoms. The number of carboxylic acid groups (broad SMARTS) is 1. The largest absolute Gasteiger partial charge is 0.465 e. The van der Waals surface area contributed by atoms with Gasteiger partial charge in [0, 0.05) is 18.4 Å². The minimum atomic E-state index is -1.02. The molecule has 1 aliphatic heterocycles. The summed E-state index contributed by atoms with van der Waals surface area (Å²) in [5.74, 6) is 0. The van der Waals surface area contributed by atoms with Crippen molar-refractivity contribution in [2.45, 2.75) is 6.04 Å². The average molecular weight is 143 g/mol. The molecule has 0 aromatic heterocycles. The van der Waals surface area contributed by atoms with Gasteiger partial charge in [0.05, 0.1) is 6.04 Å². The van der Waals surface area contributed by atoms with E-state index in [0.29, 0.717) is 5.70 Å². The highest BCUT2D eigenvalue weighted by molar-refractivity contribution is 5.67. The molecule has 0 bridgehead atoms. The molecule has 10 heavy (non-hydrogen) atoms. The van der Waals surface area contributed by atoms with E-state index >= 15 is 0 Å². The average Bonchev–Trinajstić information content (AvgIpc) is 2.13. The molecular weight excluding hydrogens is 134 g/mol. The van der Waals surface area contributed by atoms with Gasteiger partial charge in [0.25, 0.3) is 0 Å². The molecular formula is C5H9N3O2. The molecule has 5 nitrogen and oxygen atoms in total. The summed E-state index contributed by atoms with van der Waals surface area (Å²) >= 11 is 0. The fourth-order valence-corrected chi connectivity index (χ4v) is 0.779. The zero-order valence-corrected chi connectivity index (χ0v) is 5.32. The van der Waals surface area contributed by atoms with E-state index in [9.17, 15) is 4.79 Å². The first-order valence-electron chi connectivity index (χ1n) is 2.83. The Balaban J connectivity index is 2.65. The van der Waals surface area contributed by atoms with E-state index in [4.69, 9.17) is 16.6 Å². The number of hydrogen-bond acceptors (Lipinski definition) is 3. The van der Waals surface area contributed by atoms with Gasteiger partial charge in [0.15, 0.2) is 0 Å². The Morgan fingerprint density at radius 1 is 1.90 bits per heavy atom. The van der Waals surface area contributed by atoms with Crippen LogP contribution in [0.25, 0.3) is 0 Å². The second-order valence-corrected chi connectivity index (χ2v) is 2.17. The summed E-state index contributed by atoms with van der Waals surface area (Å²) in [7, 11) is 0. The first-order chi connectivity index (χ1) is 4.61. The van der Waals surface area contributed by atoms with Gasteiger partial charge < -0.3 is 16.6 Å². The van der Waals surface area contributed by atoms with E-state index in [1.807, 2.05) is 0 Å². The molecule has 5 N–H and O–H groups in total. The van der Waals surface area contributed by atoms with Gasteiger partial charge in [0.1, 0.15) is 0 Å². The number of carbonyl (C=O) groups is 1. The molecule has 56 valence electrons. The van der Waals surface area contributed by atoms with Crippen molar-refractivity contribution in [1.29, 1.82) is 0 Å². The van der Waals surface area contributed by atoms with Crippen molar-refractivity contribution in [2.24, 2.45) is 11.5 Å². The Labute approximate surface area is 57.9 Å². The molecule has 0 fully saturated rings. The van der Waals surface area contributed by atoms with Crippen molar-refractivity contribution in [3.63, 3.8) is 0 Å². The SMILES string of the molecule is NC1=CN(C(=O)O)CC1N. The van der Waals surface area contributed by atoms with Crippen LogP contribution in [0.4, 0.5) is 4.79 Å². The molecule has 5 heteroatoms. The molecule has 0 radical (unpaired) electrons. The standard InChI is InChI=1S/C5H9N3O2/c6-3-1-8(5(9)10)2-4(3)7/h1,4H,2,6-7H2,(H,9,10). The molecule has 1 rings (SSSR count). The van der Waals surface area contributed by atoms with Crippen molar-refractivity contribution in [2.75, 3.05) is 6.54 Å². The van der Waals surface area contributed by atoms with Gasteiger partial charge in [-0.25, -0.2) is 4.79 Å². The summed E-state index contributed by atoms with van der Waals surface area (Å²) in [6.07, 6.45) is 0.323. The number of hydrogen-bond donors (Lipinski definition) is 3. The Morgan fingerprint density at radius 2 is 2.50 bits per heavy atom. The van der Waals surface area contributed by atoms with Crippen LogP contribution in [0.5, 0.6) is 0 Å². The minimum absolute atomic E-state index is 0.265. The third-order valence-corrected chi connectivity index (χ3v) is 1.37. The highest BCUT2D eigenvalue weighted by atomic mass is 16.4. The van der Waals surface area contributed by atoms with Crippen molar-refractivity contribution >= 4 is 6.09 Å². The number of nitrogens with zero attached hydrogens (tertiary/aromatic N) is 1. The third-order valence-electron chi connectivity index (χ3n) is 1.37. The van der Waals surface area contributed by atoms with Crippen LogP contribution in [0.15, 0.2) is 11.9 Å². The van der Waals surface area contributed by atoms with Gasteiger partial charge in [-0.2, -0.15) is 0 Å². The first kappa shape index (κ1) is 6.88. The maximum atomic E-state index is 10.3. The van der Waals surface area contributed by atoms with Crippen LogP contribution < -0.4 is 11.5 Å². The maximum Gasteiger partial charge on any atom is 0.411 e. The summed E-state index contributed by atoms with van der Waals surface area (Å²) in [6.45, 7) is 0.265. The molecule has 0 saturated heterocycles. The summed E-state index contributed by atoms with van der Waals surface area (Å²) in [5.41, 5.74) is 11.2. The van der Waals surface area contributed by atoms with Crippen molar-refractivity contribution < 1.29 is 9.90 Å². The molecule has 1 heterocycles. The molecule has 1 atom stereocenters. The fraction of sp³-hybridized carbons (Fsp3) is 0.400. The van der Waals surface area contributed by atoms with E-state index in [0.717, 1.165) is 4.90 Å². The van der Waals surface area contributed by atoms with Gasteiger partial charge in [0.2, 0.25) is 0 Å². The van der Waals surface area contributed by atoms with E-state index < -0.39 is 6.09 Å². The maximum absolute atomic E-state index is 10.3. The van der Waals surface area contributed by atoms with Crippen LogP contribution in [-0.4, -0.2) is 28.7 Å². The highest BCUT2D eigenvalue weighted by Crippen LogP contribution is 2.07. The monoisotopic (exact) mass is 143 g/mol. The number of rotatable bonds is 0. The summed E-state index contributed by atoms with van der Waals surface area (Å²) in [5, 5.41) is 8.42. The van der Waals surface area contributed by atoms with E-state index in [2.05, 4.69) is 0 Å². The highest BCUT2D eigenvalue weighted by Gasteiger charge is 2.22. The lowest BCUT2D eigenvalue weighted by atomic mass is 10.3. The van der Waals surface area contributed by atoms with E-state index in [1.165, 1.54) is 6.20 Å². The molecule has 0 aromatic carbocycles. The number of amides is 1. The van der Waals surface area contributed by atoms with Crippen LogP contribution in [0.3, 0.4) is 0 Å². The minimum Gasteiger partial charge on any atom is -0.465 e. The van der Waals surface area contributed by atoms with Crippen LogP contribution in [0, 0.1) is 0 Å². The van der Waals surface area contributed by atoms with Gasteiger partial charge in [-0.15, -0.1) is 0 Å². The second-order valence-electron chi connectivity index (χ2n) is 2.17. The Morgan fingerprint density at radius 3 is 2.70 bits per heavy atom. The topological polar surface area (TPSA) is 92.6 Å². The van der Waals surface area contributed by atoms with Crippen LogP contribution in [0.1, 0.15) is 0 Å². The van der Waals surface area contributed by atoms with E-state index in [-0.39, 0.29) is 12.6 Å². The molecule has 1 unspecified atom stereocenters. The quantitative estimate of drug-likeness (QED) is 0.410. The normalized spacial score (nSPS) is 24.7. The Hall–Kier alpha value is -1.23. The predicted octanol–water partition coefficient (Wildman–Crippen LogP) is -0.893. The van der Waals surface area contributed by atoms with Crippen LogP contribution in [-0.2, 0) is 0 Å². The van der Waals surface area contributed by atoms with Crippen molar-refractivity contribution in [3.05, 3.63) is 11.9 Å². The number of nitrogens with two attached hydrogens (primary N) is 2. The molecule has 1 amide bonds. The molecule has 0 aliphatic carbocycles. The van der Waals surface area contributed by atoms with Crippen molar-refractivity contribution in [3.8, 4) is 0 Å². The smallest absolute Gasteiger partial charge is 0.411 e. The lowest BCUT2D eigenvalue weighted by Gasteiger charge is -2.08. The van der Waals surface area contributed by atoms with Crippen LogP contribution in [0.2, 0.25) is 0 Å². The molecule has 0 saturated carbocycles. The lowest BCUT2D eigenvalue weighted by Crippen LogP contribution is -2.33. The zero-order chi connectivity index (χ0) is 7.72. The van der Waals surface area contributed by atoms with Gasteiger partial charge in [-0.3, -0.25) is 4.90 Å². The second kappa shape index (κ2) is 2.18. The van der Waals surface area contributed by atoms with E-state index in [1.54, 1.807) is 0 Å². The third kappa shape index (κ3) is 1.03. The van der Waals surface area contributed by atoms with Gasteiger partial charge >= 0.3 is 6.09 Å². The first-order valence-corrected chi connectivity index (χ1v) is 2.83. The summed E-state index contributed by atoms with van der Waals surface area (Å²) in [6, 6.07) is -0.337. The Bertz CT molecular complexity index is 189. The van der Waals surface area contributed by atoms with Crippen LogP contribution >= 0.6 is 0 Å². The predicted molar refractivity (Wildman–Crippen MR) is 35.0 cm³/mol. The Kier molecular flexibility index (Phi) is 1.50. The molecule has 0 aromatic rings. The van der Waals surface area contributed by atoms with Crippen molar-refractivity contribution in [1.82, 2.24) is 4.90 Å². The lowest BCUT2D eigenvalue weighted by molar-refractivity contribution is 0.165. The van der Waals surface area contributed by atoms with Gasteiger partial charge in [-0.1, -0.05) is 0 Å². The van der Waals surface area contributed by atoms with Gasteiger partial charge in [-0.05, 0) is 0 Å². The fourth-order valence-electron chi connectivity index (χ4n) is 0.779. The zero-order valence-electron chi connectivity index (χ0n) is 5.32.